The molecule has 1 N–H and O–H groups in total. The first-order chi connectivity index (χ1) is 18.4. The van der Waals surface area contributed by atoms with Crippen molar-refractivity contribution in [2.45, 2.75) is 64.1 Å². The summed E-state index contributed by atoms with van der Waals surface area (Å²) in [4.78, 5) is 29.2. The van der Waals surface area contributed by atoms with Crippen molar-refractivity contribution in [2.24, 2.45) is 0 Å². The zero-order valence-corrected chi connectivity index (χ0v) is 24.0. The number of aryl methyl sites for hydroxylation is 1. The van der Waals surface area contributed by atoms with Gasteiger partial charge in [-0.3, -0.25) is 9.59 Å². The fourth-order valence-electron chi connectivity index (χ4n) is 4.80. The highest BCUT2D eigenvalue weighted by atomic mass is 79.9. The molecule has 2 amide bonds. The van der Waals surface area contributed by atoms with E-state index >= 15 is 0 Å². The minimum absolute atomic E-state index is 0.122. The summed E-state index contributed by atoms with van der Waals surface area (Å²) in [7, 11) is 0. The molecule has 1 fully saturated rings. The van der Waals surface area contributed by atoms with Crippen molar-refractivity contribution in [1.82, 2.24) is 10.2 Å². The van der Waals surface area contributed by atoms with Gasteiger partial charge in [0.25, 0.3) is 5.91 Å². The Bertz CT molecular complexity index is 1210. The van der Waals surface area contributed by atoms with Gasteiger partial charge in [0, 0.05) is 23.5 Å². The van der Waals surface area contributed by atoms with Crippen molar-refractivity contribution in [3.8, 4) is 5.75 Å². The van der Waals surface area contributed by atoms with Crippen LogP contribution in [0.2, 0.25) is 5.02 Å². The normalized spacial score (nSPS) is 14.5. The summed E-state index contributed by atoms with van der Waals surface area (Å²) < 4.78 is 6.67. The highest BCUT2D eigenvalue weighted by Gasteiger charge is 2.32. The van der Waals surface area contributed by atoms with Crippen LogP contribution in [0.25, 0.3) is 0 Å². The van der Waals surface area contributed by atoms with Crippen LogP contribution in [0.5, 0.6) is 5.75 Å². The van der Waals surface area contributed by atoms with Crippen molar-refractivity contribution >= 4 is 39.3 Å². The zero-order valence-electron chi connectivity index (χ0n) is 21.7. The lowest BCUT2D eigenvalue weighted by Crippen LogP contribution is -2.53. The van der Waals surface area contributed by atoms with Crippen LogP contribution in [-0.4, -0.2) is 35.4 Å². The third kappa shape index (κ3) is 8.08. The second-order valence-corrected chi connectivity index (χ2v) is 11.2. The van der Waals surface area contributed by atoms with Gasteiger partial charge in [0.1, 0.15) is 11.8 Å². The molecule has 1 aliphatic rings. The Morgan fingerprint density at radius 3 is 2.39 bits per heavy atom. The van der Waals surface area contributed by atoms with E-state index in [1.54, 1.807) is 17.0 Å². The molecule has 3 aromatic carbocycles. The summed E-state index contributed by atoms with van der Waals surface area (Å²) >= 11 is 9.71. The molecule has 5 nitrogen and oxygen atoms in total. The third-order valence-electron chi connectivity index (χ3n) is 6.94. The van der Waals surface area contributed by atoms with E-state index in [1.807, 2.05) is 67.6 Å². The number of nitrogens with one attached hydrogen (secondary N) is 1. The lowest BCUT2D eigenvalue weighted by atomic mass is 9.94. The Hall–Kier alpha value is -2.83. The molecule has 0 aromatic heterocycles. The summed E-state index contributed by atoms with van der Waals surface area (Å²) in [6.45, 7) is 2.10. The van der Waals surface area contributed by atoms with Crippen LogP contribution in [0.3, 0.4) is 0 Å². The lowest BCUT2D eigenvalue weighted by molar-refractivity contribution is -0.143. The fourth-order valence-corrected chi connectivity index (χ4v) is 5.53. The average molecular weight is 598 g/mol. The van der Waals surface area contributed by atoms with Crippen LogP contribution in [0, 0.1) is 6.92 Å². The van der Waals surface area contributed by atoms with Gasteiger partial charge >= 0.3 is 0 Å². The van der Waals surface area contributed by atoms with E-state index in [0.717, 1.165) is 46.8 Å². The first-order valence-corrected chi connectivity index (χ1v) is 14.3. The van der Waals surface area contributed by atoms with E-state index in [0.29, 0.717) is 23.7 Å². The molecule has 0 spiro atoms. The highest BCUT2D eigenvalue weighted by molar-refractivity contribution is 9.10. The van der Waals surface area contributed by atoms with Crippen molar-refractivity contribution in [3.05, 3.63) is 99.0 Å². The predicted octanol–water partition coefficient (Wildman–Crippen LogP) is 6.88. The van der Waals surface area contributed by atoms with E-state index in [4.69, 9.17) is 16.3 Å². The second kappa shape index (κ2) is 13.8. The van der Waals surface area contributed by atoms with E-state index in [1.165, 1.54) is 6.42 Å². The van der Waals surface area contributed by atoms with Gasteiger partial charge in [-0.15, -0.1) is 0 Å². The van der Waals surface area contributed by atoms with Gasteiger partial charge < -0.3 is 15.0 Å². The molecule has 1 saturated carbocycles. The van der Waals surface area contributed by atoms with Crippen LogP contribution in [0.4, 0.5) is 0 Å². The summed E-state index contributed by atoms with van der Waals surface area (Å²) in [6.07, 6.45) is 5.79. The largest absolute Gasteiger partial charge is 0.482 e. The van der Waals surface area contributed by atoms with Crippen LogP contribution in [0.1, 0.15) is 48.8 Å². The topological polar surface area (TPSA) is 58.6 Å². The van der Waals surface area contributed by atoms with E-state index in [9.17, 15) is 9.59 Å². The first kappa shape index (κ1) is 28.2. The number of rotatable bonds is 10. The predicted molar refractivity (Wildman–Crippen MR) is 155 cm³/mol. The lowest BCUT2D eigenvalue weighted by Gasteiger charge is -2.33. The molecule has 3 aromatic rings. The number of halogens is 2. The number of hydrogen-bond acceptors (Lipinski definition) is 3. The molecule has 0 radical (unpaired) electrons. The quantitative estimate of drug-likeness (QED) is 0.277. The molecule has 0 bridgehead atoms. The van der Waals surface area contributed by atoms with Gasteiger partial charge in [-0.2, -0.15) is 0 Å². The number of carbonyl (C=O) groups excluding carboxylic acids is 2. The van der Waals surface area contributed by atoms with Gasteiger partial charge in [0.15, 0.2) is 6.61 Å². The molecule has 0 unspecified atom stereocenters. The molecule has 38 heavy (non-hydrogen) atoms. The fraction of sp³-hybridized carbons (Fsp3) is 0.355. The number of hydrogen-bond donors (Lipinski definition) is 1. The highest BCUT2D eigenvalue weighted by Crippen LogP contribution is 2.28. The summed E-state index contributed by atoms with van der Waals surface area (Å²) in [6, 6.07) is 22.6. The number of ether oxygens (including phenoxy) is 1. The molecular formula is C31H34BrClN2O3. The second-order valence-electron chi connectivity index (χ2n) is 9.92. The molecule has 0 heterocycles. The number of carbonyl (C=O) groups is 2. The van der Waals surface area contributed by atoms with Gasteiger partial charge in [0.2, 0.25) is 5.91 Å². The first-order valence-electron chi connectivity index (χ1n) is 13.2. The monoisotopic (exact) mass is 596 g/mol. The Kier molecular flexibility index (Phi) is 10.2. The van der Waals surface area contributed by atoms with Crippen molar-refractivity contribution in [1.29, 1.82) is 0 Å². The minimum Gasteiger partial charge on any atom is -0.482 e. The number of amides is 2. The van der Waals surface area contributed by atoms with E-state index in [-0.39, 0.29) is 24.5 Å². The van der Waals surface area contributed by atoms with Gasteiger partial charge in [-0.25, -0.2) is 0 Å². The molecular weight excluding hydrogens is 564 g/mol. The van der Waals surface area contributed by atoms with Crippen molar-refractivity contribution < 1.29 is 14.3 Å². The maximum Gasteiger partial charge on any atom is 0.261 e. The van der Waals surface area contributed by atoms with Crippen LogP contribution < -0.4 is 10.1 Å². The molecule has 1 aliphatic carbocycles. The Balaban J connectivity index is 1.61. The van der Waals surface area contributed by atoms with E-state index in [2.05, 4.69) is 21.2 Å². The van der Waals surface area contributed by atoms with Crippen LogP contribution >= 0.6 is 27.5 Å². The Morgan fingerprint density at radius 2 is 1.71 bits per heavy atom. The standard InChI is InChI=1S/C31H34BrClN2O3/c1-22-12-14-24(15-13-22)20-35(30(36)21-38-29-17-16-25(32)19-27(29)33)28(18-23-8-4-2-5-9-23)31(37)34-26-10-6-3-7-11-26/h2,4-5,8-9,12-17,19,26,28H,3,6-7,10-11,18,20-21H2,1H3,(H,34,37)/t28-/m1/s1. The molecule has 0 aliphatic heterocycles. The molecule has 200 valence electrons. The smallest absolute Gasteiger partial charge is 0.261 e. The van der Waals surface area contributed by atoms with Gasteiger partial charge in [-0.1, -0.05) is 107 Å². The number of benzene rings is 3. The van der Waals surface area contributed by atoms with Gasteiger partial charge in [0.05, 0.1) is 5.02 Å². The molecule has 7 heteroatoms. The molecule has 0 saturated heterocycles. The maximum absolute atomic E-state index is 13.8. The van der Waals surface area contributed by atoms with Gasteiger partial charge in [-0.05, 0) is 49.1 Å². The molecule has 4 rings (SSSR count). The Morgan fingerprint density at radius 1 is 1.00 bits per heavy atom. The average Bonchev–Trinajstić information content (AvgIpc) is 2.92. The number of nitrogens with zero attached hydrogens (tertiary/aromatic N) is 1. The SMILES string of the molecule is Cc1ccc(CN(C(=O)COc2ccc(Br)cc2Cl)[C@H](Cc2ccccc2)C(=O)NC2CCCCC2)cc1. The summed E-state index contributed by atoms with van der Waals surface area (Å²) in [5.74, 6) is 0.0249. The van der Waals surface area contributed by atoms with E-state index < -0.39 is 6.04 Å². The Labute approximate surface area is 238 Å². The summed E-state index contributed by atoms with van der Waals surface area (Å²) in [5.41, 5.74) is 3.08. The minimum atomic E-state index is -0.683. The zero-order chi connectivity index (χ0) is 26.9. The van der Waals surface area contributed by atoms with Crippen molar-refractivity contribution in [2.75, 3.05) is 6.61 Å². The maximum atomic E-state index is 13.8. The summed E-state index contributed by atoms with van der Waals surface area (Å²) in [5, 5.41) is 3.67. The van der Waals surface area contributed by atoms with Crippen molar-refractivity contribution in [3.63, 3.8) is 0 Å². The third-order valence-corrected chi connectivity index (χ3v) is 7.73. The van der Waals surface area contributed by atoms with Crippen LogP contribution in [-0.2, 0) is 22.6 Å². The van der Waals surface area contributed by atoms with Crippen LogP contribution in [0.15, 0.2) is 77.3 Å². The molecule has 1 atom stereocenters.